The number of sulfonamides is 1. The Morgan fingerprint density at radius 3 is 2.43 bits per heavy atom. The summed E-state index contributed by atoms with van der Waals surface area (Å²) < 4.78 is 47.7. The second-order valence-electron chi connectivity index (χ2n) is 5.61. The average molecular weight is 339 g/mol. The zero-order chi connectivity index (χ0) is 15.7. The molecule has 0 radical (unpaired) electrons. The highest BCUT2D eigenvalue weighted by atomic mass is 32.2. The fourth-order valence-corrected chi connectivity index (χ4v) is 5.33. The number of carbonyl (C=O) groups excluding carboxylic acids is 1. The molecule has 1 saturated carbocycles. The van der Waals surface area contributed by atoms with Gasteiger partial charge in [0.05, 0.1) is 17.8 Å². The predicted octanol–water partition coefficient (Wildman–Crippen LogP) is -1.10. The third-order valence-electron chi connectivity index (χ3n) is 3.57. The van der Waals surface area contributed by atoms with Crippen LogP contribution in [0, 0.1) is 0 Å². The van der Waals surface area contributed by atoms with Crippen molar-refractivity contribution in [1.82, 2.24) is 14.9 Å². The van der Waals surface area contributed by atoms with Crippen molar-refractivity contribution >= 4 is 25.9 Å². The van der Waals surface area contributed by atoms with Gasteiger partial charge in [0.1, 0.15) is 0 Å². The third kappa shape index (κ3) is 5.11. The summed E-state index contributed by atoms with van der Waals surface area (Å²) >= 11 is 0. The van der Waals surface area contributed by atoms with Crippen molar-refractivity contribution in [2.75, 3.05) is 30.9 Å². The van der Waals surface area contributed by atoms with Crippen LogP contribution in [0.5, 0.6) is 0 Å². The molecule has 1 unspecified atom stereocenters. The molecule has 1 saturated heterocycles. The summed E-state index contributed by atoms with van der Waals surface area (Å²) in [5, 5.41) is 5.33. The molecule has 2 N–H and O–H groups in total. The summed E-state index contributed by atoms with van der Waals surface area (Å²) in [6.45, 7) is 0.235. The van der Waals surface area contributed by atoms with Gasteiger partial charge in [-0.15, -0.1) is 0 Å². The first-order valence-electron chi connectivity index (χ1n) is 6.89. The van der Waals surface area contributed by atoms with E-state index in [0.717, 1.165) is 19.1 Å². The Labute approximate surface area is 125 Å². The summed E-state index contributed by atoms with van der Waals surface area (Å²) in [4.78, 5) is 11.5. The number of sulfone groups is 1. The normalized spacial score (nSPS) is 25.0. The Hall–Kier alpha value is -0.870. The molecule has 2 aliphatic rings. The van der Waals surface area contributed by atoms with Crippen LogP contribution in [0.15, 0.2) is 0 Å². The summed E-state index contributed by atoms with van der Waals surface area (Å²) in [7, 11) is -6.67. The van der Waals surface area contributed by atoms with Gasteiger partial charge < -0.3 is 10.6 Å². The lowest BCUT2D eigenvalue weighted by Crippen LogP contribution is -2.46. The van der Waals surface area contributed by atoms with Crippen LogP contribution in [0.2, 0.25) is 0 Å². The second kappa shape index (κ2) is 6.09. The first-order chi connectivity index (χ1) is 9.67. The van der Waals surface area contributed by atoms with E-state index in [1.54, 1.807) is 0 Å². The van der Waals surface area contributed by atoms with E-state index in [0.29, 0.717) is 6.42 Å². The highest BCUT2D eigenvalue weighted by molar-refractivity contribution is 7.92. The highest BCUT2D eigenvalue weighted by Gasteiger charge is 2.36. The lowest BCUT2D eigenvalue weighted by atomic mass is 10.2. The van der Waals surface area contributed by atoms with Crippen LogP contribution in [0.4, 0.5) is 4.79 Å². The molecule has 0 aromatic heterocycles. The minimum absolute atomic E-state index is 0.0132. The second-order valence-corrected chi connectivity index (χ2v) is 9.77. The first-order valence-corrected chi connectivity index (χ1v) is 10.6. The molecule has 0 aromatic carbocycles. The molecule has 122 valence electrons. The van der Waals surface area contributed by atoms with Gasteiger partial charge in [-0.2, -0.15) is 4.31 Å². The number of hydrogen-bond acceptors (Lipinski definition) is 5. The Morgan fingerprint density at radius 2 is 1.95 bits per heavy atom. The SMILES string of the molecule is CS(=O)(=O)N(CCNC(=O)NC1CC1)C1CCS(=O)(=O)C1. The van der Waals surface area contributed by atoms with Crippen molar-refractivity contribution in [3.8, 4) is 0 Å². The van der Waals surface area contributed by atoms with E-state index < -0.39 is 25.9 Å². The number of carbonyl (C=O) groups is 1. The lowest BCUT2D eigenvalue weighted by Gasteiger charge is -2.25. The van der Waals surface area contributed by atoms with E-state index >= 15 is 0 Å². The van der Waals surface area contributed by atoms with E-state index in [1.165, 1.54) is 4.31 Å². The number of nitrogens with zero attached hydrogens (tertiary/aromatic N) is 1. The van der Waals surface area contributed by atoms with Crippen LogP contribution in [0.25, 0.3) is 0 Å². The van der Waals surface area contributed by atoms with Crippen LogP contribution in [0.1, 0.15) is 19.3 Å². The minimum Gasteiger partial charge on any atom is -0.337 e. The van der Waals surface area contributed by atoms with Crippen molar-refractivity contribution in [2.24, 2.45) is 0 Å². The third-order valence-corrected chi connectivity index (χ3v) is 6.66. The molecule has 21 heavy (non-hydrogen) atoms. The molecule has 1 heterocycles. The average Bonchev–Trinajstić information content (AvgIpc) is 3.06. The molecule has 1 aliphatic carbocycles. The molecule has 2 rings (SSSR count). The Bertz CT molecular complexity index is 597. The van der Waals surface area contributed by atoms with Gasteiger partial charge in [-0.3, -0.25) is 0 Å². The van der Waals surface area contributed by atoms with Crippen molar-refractivity contribution in [3.63, 3.8) is 0 Å². The van der Waals surface area contributed by atoms with Gasteiger partial charge in [-0.05, 0) is 19.3 Å². The van der Waals surface area contributed by atoms with Gasteiger partial charge in [0, 0.05) is 25.2 Å². The van der Waals surface area contributed by atoms with Crippen LogP contribution in [-0.4, -0.2) is 70.1 Å². The fraction of sp³-hybridized carbons (Fsp3) is 0.909. The zero-order valence-corrected chi connectivity index (χ0v) is 13.5. The maximum Gasteiger partial charge on any atom is 0.315 e. The summed E-state index contributed by atoms with van der Waals surface area (Å²) in [5.74, 6) is -0.131. The van der Waals surface area contributed by atoms with Crippen molar-refractivity contribution in [1.29, 1.82) is 0 Å². The van der Waals surface area contributed by atoms with E-state index in [1.807, 2.05) is 0 Å². The molecular weight excluding hydrogens is 318 g/mol. The van der Waals surface area contributed by atoms with Gasteiger partial charge in [0.25, 0.3) is 0 Å². The van der Waals surface area contributed by atoms with Crippen LogP contribution in [0.3, 0.4) is 0 Å². The topological polar surface area (TPSA) is 113 Å². The first kappa shape index (κ1) is 16.5. The number of urea groups is 1. The molecule has 10 heteroatoms. The van der Waals surface area contributed by atoms with Gasteiger partial charge in [0.2, 0.25) is 10.0 Å². The molecule has 0 bridgehead atoms. The van der Waals surface area contributed by atoms with E-state index in [2.05, 4.69) is 10.6 Å². The van der Waals surface area contributed by atoms with Crippen LogP contribution < -0.4 is 10.6 Å². The lowest BCUT2D eigenvalue weighted by molar-refractivity contribution is 0.238. The predicted molar refractivity (Wildman–Crippen MR) is 78.2 cm³/mol. The number of nitrogens with one attached hydrogen (secondary N) is 2. The Kier molecular flexibility index (Phi) is 4.79. The quantitative estimate of drug-likeness (QED) is 0.638. The molecule has 2 fully saturated rings. The molecular formula is C11H21N3O5S2. The summed E-state index contributed by atoms with van der Waals surface area (Å²) in [6, 6.07) is -0.612. The maximum absolute atomic E-state index is 11.8. The van der Waals surface area contributed by atoms with Gasteiger partial charge in [-0.25, -0.2) is 21.6 Å². The van der Waals surface area contributed by atoms with Gasteiger partial charge in [-0.1, -0.05) is 0 Å². The number of hydrogen-bond donors (Lipinski definition) is 2. The maximum atomic E-state index is 11.8. The van der Waals surface area contributed by atoms with Gasteiger partial charge >= 0.3 is 6.03 Å². The zero-order valence-electron chi connectivity index (χ0n) is 11.9. The van der Waals surface area contributed by atoms with Crippen molar-refractivity contribution in [2.45, 2.75) is 31.3 Å². The Morgan fingerprint density at radius 1 is 1.29 bits per heavy atom. The fourth-order valence-electron chi connectivity index (χ4n) is 2.37. The molecule has 8 nitrogen and oxygen atoms in total. The molecule has 0 spiro atoms. The Balaban J connectivity index is 1.87. The number of rotatable bonds is 6. The molecule has 0 aromatic rings. The number of amides is 2. The molecule has 1 atom stereocenters. The standard InChI is InChI=1S/C11H21N3O5S2/c1-20(16,17)14(10-4-7-21(18,19)8-10)6-5-12-11(15)13-9-2-3-9/h9-10H,2-8H2,1H3,(H2,12,13,15). The monoisotopic (exact) mass is 339 g/mol. The highest BCUT2D eigenvalue weighted by Crippen LogP contribution is 2.20. The van der Waals surface area contributed by atoms with E-state index in [9.17, 15) is 21.6 Å². The summed E-state index contributed by atoms with van der Waals surface area (Å²) in [5.41, 5.74) is 0. The van der Waals surface area contributed by atoms with Gasteiger partial charge in [0.15, 0.2) is 9.84 Å². The molecule has 1 aliphatic heterocycles. The smallest absolute Gasteiger partial charge is 0.315 e. The minimum atomic E-state index is -3.51. The van der Waals surface area contributed by atoms with E-state index in [-0.39, 0.29) is 36.7 Å². The van der Waals surface area contributed by atoms with Crippen LogP contribution >= 0.6 is 0 Å². The van der Waals surface area contributed by atoms with Crippen LogP contribution in [-0.2, 0) is 19.9 Å². The van der Waals surface area contributed by atoms with Crippen molar-refractivity contribution < 1.29 is 21.6 Å². The summed E-state index contributed by atoms with van der Waals surface area (Å²) in [6.07, 6.45) is 3.32. The van der Waals surface area contributed by atoms with E-state index in [4.69, 9.17) is 0 Å². The largest absolute Gasteiger partial charge is 0.337 e. The molecule has 2 amide bonds. The van der Waals surface area contributed by atoms with Crippen molar-refractivity contribution in [3.05, 3.63) is 0 Å².